The molecular weight excluding hydrogens is 476 g/mol. The van der Waals surface area contributed by atoms with Crippen LogP contribution in [0.5, 0.6) is 0 Å². The molecule has 6 heteroatoms. The standard InChI is InChI=1S/C25H28BrClN2O2/c1-2-31-25(30)29-13-10-17(11-14-29)5-3-6-21-20-9-8-19(27)15-18(20)16-23(26)22-7-4-12-28-24(21)22/h4,7-9,12,15-17,21H,2-3,5-6,10-11,13-14H2,1H3. The maximum Gasteiger partial charge on any atom is 0.409 e. The van der Waals surface area contributed by atoms with Gasteiger partial charge in [-0.3, -0.25) is 4.98 Å². The quantitative estimate of drug-likeness (QED) is 0.436. The molecule has 1 aliphatic heterocycles. The highest BCUT2D eigenvalue weighted by atomic mass is 79.9. The Balaban J connectivity index is 1.44. The molecule has 1 fully saturated rings. The van der Waals surface area contributed by atoms with Crippen LogP contribution >= 0.6 is 27.5 Å². The number of carbonyl (C=O) groups is 1. The average Bonchev–Trinajstić information content (AvgIpc) is 2.89. The number of carbonyl (C=O) groups excluding carboxylic acids is 1. The summed E-state index contributed by atoms with van der Waals surface area (Å²) in [6, 6.07) is 10.3. The van der Waals surface area contributed by atoms with E-state index in [4.69, 9.17) is 21.3 Å². The molecule has 0 saturated carbocycles. The van der Waals surface area contributed by atoms with Crippen molar-refractivity contribution in [2.75, 3.05) is 19.7 Å². The van der Waals surface area contributed by atoms with Gasteiger partial charge >= 0.3 is 6.09 Å². The summed E-state index contributed by atoms with van der Waals surface area (Å²) in [5.41, 5.74) is 4.73. The molecule has 2 aliphatic rings. The highest BCUT2D eigenvalue weighted by Gasteiger charge is 2.27. The Morgan fingerprint density at radius 3 is 2.84 bits per heavy atom. The van der Waals surface area contributed by atoms with Gasteiger partial charge in [-0.15, -0.1) is 0 Å². The Morgan fingerprint density at radius 2 is 2.06 bits per heavy atom. The van der Waals surface area contributed by atoms with Crippen LogP contribution in [0.25, 0.3) is 10.6 Å². The third-order valence-electron chi connectivity index (χ3n) is 6.38. The monoisotopic (exact) mass is 502 g/mol. The predicted molar refractivity (Wildman–Crippen MR) is 130 cm³/mol. The lowest BCUT2D eigenvalue weighted by Crippen LogP contribution is -2.38. The maximum atomic E-state index is 11.9. The number of hydrogen-bond acceptors (Lipinski definition) is 3. The molecular formula is C25H28BrClN2O2. The van der Waals surface area contributed by atoms with Crippen LogP contribution in [0.3, 0.4) is 0 Å². The summed E-state index contributed by atoms with van der Waals surface area (Å²) in [5.74, 6) is 0.906. The molecule has 31 heavy (non-hydrogen) atoms. The molecule has 0 spiro atoms. The van der Waals surface area contributed by atoms with E-state index >= 15 is 0 Å². The summed E-state index contributed by atoms with van der Waals surface area (Å²) >= 11 is 10.1. The van der Waals surface area contributed by atoms with E-state index in [9.17, 15) is 4.79 Å². The number of likely N-dealkylation sites (tertiary alicyclic amines) is 1. The number of ether oxygens (including phenoxy) is 1. The van der Waals surface area contributed by atoms with Crippen molar-refractivity contribution in [2.24, 2.45) is 5.92 Å². The van der Waals surface area contributed by atoms with Gasteiger partial charge in [0, 0.05) is 40.3 Å². The van der Waals surface area contributed by atoms with E-state index in [0.717, 1.165) is 65.1 Å². The number of hydrogen-bond donors (Lipinski definition) is 0. The first-order valence-electron chi connectivity index (χ1n) is 11.1. The molecule has 1 aromatic heterocycles. The van der Waals surface area contributed by atoms with E-state index in [0.29, 0.717) is 12.5 Å². The number of fused-ring (bicyclic) bond motifs is 2. The fraction of sp³-hybridized carbons (Fsp3) is 0.440. The van der Waals surface area contributed by atoms with E-state index in [1.54, 1.807) is 0 Å². The van der Waals surface area contributed by atoms with Crippen LogP contribution < -0.4 is 0 Å². The summed E-state index contributed by atoms with van der Waals surface area (Å²) in [6.07, 6.45) is 9.33. The Morgan fingerprint density at radius 1 is 1.26 bits per heavy atom. The fourth-order valence-corrected chi connectivity index (χ4v) is 5.53. The topological polar surface area (TPSA) is 42.4 Å². The average molecular weight is 504 g/mol. The molecule has 1 saturated heterocycles. The number of pyridine rings is 1. The smallest absolute Gasteiger partial charge is 0.409 e. The van der Waals surface area contributed by atoms with Gasteiger partial charge in [-0.2, -0.15) is 0 Å². The van der Waals surface area contributed by atoms with Crippen molar-refractivity contribution in [3.8, 4) is 0 Å². The van der Waals surface area contributed by atoms with Crippen LogP contribution in [0.2, 0.25) is 5.02 Å². The minimum atomic E-state index is -0.171. The van der Waals surface area contributed by atoms with E-state index in [2.05, 4.69) is 34.1 Å². The van der Waals surface area contributed by atoms with Gasteiger partial charge in [0.1, 0.15) is 0 Å². The summed E-state index contributed by atoms with van der Waals surface area (Å²) in [7, 11) is 0. The molecule has 0 N–H and O–H groups in total. The second kappa shape index (κ2) is 10.2. The highest BCUT2D eigenvalue weighted by molar-refractivity contribution is 9.15. The van der Waals surface area contributed by atoms with Crippen molar-refractivity contribution in [1.82, 2.24) is 9.88 Å². The number of halogens is 2. The molecule has 1 aromatic carbocycles. The van der Waals surface area contributed by atoms with Crippen LogP contribution in [-0.2, 0) is 4.74 Å². The number of nitrogens with zero attached hydrogens (tertiary/aromatic N) is 2. The first-order chi connectivity index (χ1) is 15.1. The molecule has 4 rings (SSSR count). The Hall–Kier alpha value is -1.85. The molecule has 2 aromatic rings. The number of rotatable bonds is 5. The van der Waals surface area contributed by atoms with Crippen molar-refractivity contribution in [3.05, 3.63) is 63.9 Å². The zero-order chi connectivity index (χ0) is 21.8. The van der Waals surface area contributed by atoms with Gasteiger partial charge in [0.25, 0.3) is 0 Å². The molecule has 1 aliphatic carbocycles. The van der Waals surface area contributed by atoms with Gasteiger partial charge in [-0.25, -0.2) is 4.79 Å². The molecule has 164 valence electrons. The minimum Gasteiger partial charge on any atom is -0.450 e. The fourth-order valence-electron chi connectivity index (χ4n) is 4.77. The number of benzene rings is 1. The zero-order valence-corrected chi connectivity index (χ0v) is 20.2. The maximum absolute atomic E-state index is 11.9. The van der Waals surface area contributed by atoms with E-state index in [1.807, 2.05) is 36.2 Å². The first kappa shape index (κ1) is 22.3. The van der Waals surface area contributed by atoms with Crippen LogP contribution in [0, 0.1) is 5.92 Å². The second-order valence-corrected chi connectivity index (χ2v) is 9.61. The van der Waals surface area contributed by atoms with Crippen LogP contribution in [0.4, 0.5) is 4.79 Å². The van der Waals surface area contributed by atoms with Crippen molar-refractivity contribution >= 4 is 44.2 Å². The molecule has 1 atom stereocenters. The lowest BCUT2D eigenvalue weighted by atomic mass is 9.84. The van der Waals surface area contributed by atoms with Crippen molar-refractivity contribution in [3.63, 3.8) is 0 Å². The minimum absolute atomic E-state index is 0.171. The normalized spacial score (nSPS) is 18.6. The van der Waals surface area contributed by atoms with E-state index < -0.39 is 0 Å². The molecule has 1 amide bonds. The largest absolute Gasteiger partial charge is 0.450 e. The van der Waals surface area contributed by atoms with Gasteiger partial charge in [0.05, 0.1) is 12.3 Å². The number of amides is 1. The molecule has 4 nitrogen and oxygen atoms in total. The first-order valence-corrected chi connectivity index (χ1v) is 12.3. The van der Waals surface area contributed by atoms with Gasteiger partial charge < -0.3 is 9.64 Å². The lowest BCUT2D eigenvalue weighted by molar-refractivity contribution is 0.0906. The summed E-state index contributed by atoms with van der Waals surface area (Å²) in [6.45, 7) is 3.89. The highest BCUT2D eigenvalue weighted by Crippen LogP contribution is 2.42. The van der Waals surface area contributed by atoms with Crippen molar-refractivity contribution in [1.29, 1.82) is 0 Å². The summed E-state index contributed by atoms with van der Waals surface area (Å²) in [4.78, 5) is 18.5. The molecule has 0 bridgehead atoms. The molecule has 0 radical (unpaired) electrons. The van der Waals surface area contributed by atoms with Crippen LogP contribution in [-0.4, -0.2) is 35.7 Å². The number of aromatic nitrogens is 1. The third kappa shape index (κ3) is 5.15. The predicted octanol–water partition coefficient (Wildman–Crippen LogP) is 7.11. The summed E-state index contributed by atoms with van der Waals surface area (Å²) < 4.78 is 6.18. The van der Waals surface area contributed by atoms with Crippen LogP contribution in [0.15, 0.2) is 36.5 Å². The Kier molecular flexibility index (Phi) is 7.34. The Bertz CT molecular complexity index is 970. The van der Waals surface area contributed by atoms with E-state index in [1.165, 1.54) is 12.0 Å². The van der Waals surface area contributed by atoms with Gasteiger partial charge in [0.2, 0.25) is 0 Å². The van der Waals surface area contributed by atoms with Crippen LogP contribution in [0.1, 0.15) is 67.3 Å². The molecule has 2 heterocycles. The van der Waals surface area contributed by atoms with Gasteiger partial charge in [0.15, 0.2) is 0 Å². The van der Waals surface area contributed by atoms with Gasteiger partial charge in [-0.05, 0) is 67.5 Å². The zero-order valence-electron chi connectivity index (χ0n) is 17.8. The Labute approximate surface area is 197 Å². The third-order valence-corrected chi connectivity index (χ3v) is 7.27. The van der Waals surface area contributed by atoms with Crippen molar-refractivity contribution < 1.29 is 9.53 Å². The van der Waals surface area contributed by atoms with Gasteiger partial charge in [-0.1, -0.05) is 52.5 Å². The molecule has 1 unspecified atom stereocenters. The lowest BCUT2D eigenvalue weighted by Gasteiger charge is -2.31. The number of piperidine rings is 1. The second-order valence-electron chi connectivity index (χ2n) is 8.31. The van der Waals surface area contributed by atoms with Crippen molar-refractivity contribution in [2.45, 2.75) is 44.9 Å². The summed E-state index contributed by atoms with van der Waals surface area (Å²) in [5, 5.41) is 0.751. The SMILES string of the molecule is CCOC(=O)N1CCC(CCCC2c3ccc(Cl)cc3C=C(Br)c3cccnc32)CC1. The van der Waals surface area contributed by atoms with E-state index in [-0.39, 0.29) is 12.0 Å².